The second-order valence-corrected chi connectivity index (χ2v) is 5.49. The van der Waals surface area contributed by atoms with Crippen LogP contribution in [0.25, 0.3) is 0 Å². The summed E-state index contributed by atoms with van der Waals surface area (Å²) in [5.41, 5.74) is -0.487. The fraction of sp³-hybridized carbons (Fsp3) is 0.923. The molecule has 1 N–H and O–H groups in total. The molecule has 0 bridgehead atoms. The first-order valence-corrected chi connectivity index (χ1v) is 6.61. The number of nitrogens with zero attached hydrogens (tertiary/aromatic N) is 1. The number of rotatable bonds is 6. The summed E-state index contributed by atoms with van der Waals surface area (Å²) in [5.74, 6) is 0.344. The molecular weight excluding hydrogens is 216 g/mol. The van der Waals surface area contributed by atoms with Gasteiger partial charge in [-0.1, -0.05) is 6.42 Å². The van der Waals surface area contributed by atoms with E-state index in [0.717, 1.165) is 19.4 Å². The van der Waals surface area contributed by atoms with E-state index in [9.17, 15) is 4.79 Å². The standard InChI is InChI=1S/C13H24N2O2/c1-14-13(10-7-8-10,12(16)17-3)9-15(2)11-5-4-6-11/h10-11,14H,4-9H2,1-3H3. The molecule has 98 valence electrons. The molecule has 0 saturated heterocycles. The average Bonchev–Trinajstić information content (AvgIpc) is 3.06. The predicted octanol–water partition coefficient (Wildman–Crippen LogP) is 1.01. The average molecular weight is 240 g/mol. The van der Waals surface area contributed by atoms with Crippen LogP contribution in [0.5, 0.6) is 0 Å². The lowest BCUT2D eigenvalue weighted by Crippen LogP contribution is -2.61. The number of nitrogens with one attached hydrogen (secondary N) is 1. The van der Waals surface area contributed by atoms with Crippen LogP contribution in [0.3, 0.4) is 0 Å². The summed E-state index contributed by atoms with van der Waals surface area (Å²) in [6.45, 7) is 0.769. The van der Waals surface area contributed by atoms with Crippen molar-refractivity contribution in [2.45, 2.75) is 43.7 Å². The Kier molecular flexibility index (Phi) is 3.73. The number of carbonyl (C=O) groups is 1. The Morgan fingerprint density at radius 1 is 1.41 bits per heavy atom. The Morgan fingerprint density at radius 2 is 2.06 bits per heavy atom. The van der Waals surface area contributed by atoms with Crippen molar-refractivity contribution < 1.29 is 9.53 Å². The number of esters is 1. The predicted molar refractivity (Wildman–Crippen MR) is 66.8 cm³/mol. The Hall–Kier alpha value is -0.610. The van der Waals surface area contributed by atoms with Crippen molar-refractivity contribution in [3.05, 3.63) is 0 Å². The topological polar surface area (TPSA) is 41.6 Å². The van der Waals surface area contributed by atoms with Gasteiger partial charge in [-0.15, -0.1) is 0 Å². The zero-order valence-electron chi connectivity index (χ0n) is 11.2. The van der Waals surface area contributed by atoms with Gasteiger partial charge in [0.2, 0.25) is 0 Å². The second-order valence-electron chi connectivity index (χ2n) is 5.49. The molecule has 0 amide bonds. The summed E-state index contributed by atoms with van der Waals surface area (Å²) in [6, 6.07) is 0.658. The lowest BCUT2D eigenvalue weighted by molar-refractivity contribution is -0.150. The fourth-order valence-electron chi connectivity index (χ4n) is 2.85. The van der Waals surface area contributed by atoms with Crippen molar-refractivity contribution >= 4 is 5.97 Å². The molecule has 1 unspecified atom stereocenters. The van der Waals surface area contributed by atoms with Gasteiger partial charge in [-0.2, -0.15) is 0 Å². The van der Waals surface area contributed by atoms with Gasteiger partial charge in [0.05, 0.1) is 7.11 Å². The summed E-state index contributed by atoms with van der Waals surface area (Å²) in [5, 5.41) is 3.25. The molecule has 17 heavy (non-hydrogen) atoms. The maximum Gasteiger partial charge on any atom is 0.327 e. The quantitative estimate of drug-likeness (QED) is 0.704. The maximum atomic E-state index is 12.1. The van der Waals surface area contributed by atoms with Crippen LogP contribution < -0.4 is 5.32 Å². The van der Waals surface area contributed by atoms with E-state index in [1.807, 2.05) is 7.05 Å². The van der Waals surface area contributed by atoms with E-state index in [-0.39, 0.29) is 5.97 Å². The van der Waals surface area contributed by atoms with E-state index < -0.39 is 5.54 Å². The Labute approximate surface area is 104 Å². The van der Waals surface area contributed by atoms with Gasteiger partial charge in [0, 0.05) is 12.6 Å². The highest BCUT2D eigenvalue weighted by Gasteiger charge is 2.52. The van der Waals surface area contributed by atoms with Crippen molar-refractivity contribution in [3.63, 3.8) is 0 Å². The van der Waals surface area contributed by atoms with Crippen molar-refractivity contribution in [1.82, 2.24) is 10.2 Å². The minimum atomic E-state index is -0.487. The zero-order chi connectivity index (χ0) is 12.5. The van der Waals surface area contributed by atoms with Crippen molar-refractivity contribution in [2.75, 3.05) is 27.7 Å². The fourth-order valence-corrected chi connectivity index (χ4v) is 2.85. The molecule has 2 saturated carbocycles. The zero-order valence-corrected chi connectivity index (χ0v) is 11.2. The van der Waals surface area contributed by atoms with Crippen molar-refractivity contribution in [1.29, 1.82) is 0 Å². The van der Waals surface area contributed by atoms with Gasteiger partial charge in [-0.3, -0.25) is 0 Å². The van der Waals surface area contributed by atoms with Gasteiger partial charge >= 0.3 is 5.97 Å². The smallest absolute Gasteiger partial charge is 0.327 e. The second kappa shape index (κ2) is 4.94. The Morgan fingerprint density at radius 3 is 2.41 bits per heavy atom. The van der Waals surface area contributed by atoms with Crippen LogP contribution in [0.4, 0.5) is 0 Å². The van der Waals surface area contributed by atoms with Gasteiger partial charge in [0.15, 0.2) is 0 Å². The van der Waals surface area contributed by atoms with Crippen LogP contribution >= 0.6 is 0 Å². The number of hydrogen-bond donors (Lipinski definition) is 1. The van der Waals surface area contributed by atoms with E-state index in [1.54, 1.807) is 0 Å². The highest BCUT2D eigenvalue weighted by molar-refractivity contribution is 5.82. The van der Waals surface area contributed by atoms with Gasteiger partial charge in [0.25, 0.3) is 0 Å². The van der Waals surface area contributed by atoms with Crippen LogP contribution in [0, 0.1) is 5.92 Å². The first-order chi connectivity index (χ1) is 8.14. The lowest BCUT2D eigenvalue weighted by atomic mass is 9.87. The third-order valence-electron chi connectivity index (χ3n) is 4.47. The molecule has 4 nitrogen and oxygen atoms in total. The molecule has 2 aliphatic rings. The SMILES string of the molecule is CNC(CN(C)C1CCC1)(C(=O)OC)C1CC1. The normalized spacial score (nSPS) is 24.2. The van der Waals surface area contributed by atoms with Crippen molar-refractivity contribution in [2.24, 2.45) is 5.92 Å². The van der Waals surface area contributed by atoms with Gasteiger partial charge in [0.1, 0.15) is 5.54 Å². The number of ether oxygens (including phenoxy) is 1. The molecule has 2 fully saturated rings. The lowest BCUT2D eigenvalue weighted by Gasteiger charge is -2.41. The summed E-state index contributed by atoms with van der Waals surface area (Å²) in [4.78, 5) is 14.4. The molecule has 0 aromatic heterocycles. The molecule has 0 aromatic rings. The molecule has 4 heteroatoms. The molecule has 0 spiro atoms. The molecule has 0 aliphatic heterocycles. The number of hydrogen-bond acceptors (Lipinski definition) is 4. The van der Waals surface area contributed by atoms with Gasteiger partial charge < -0.3 is 15.0 Å². The Bertz CT molecular complexity index is 287. The van der Waals surface area contributed by atoms with Gasteiger partial charge in [-0.05, 0) is 45.7 Å². The van der Waals surface area contributed by atoms with E-state index >= 15 is 0 Å². The molecule has 1 atom stereocenters. The monoisotopic (exact) mass is 240 g/mol. The first-order valence-electron chi connectivity index (χ1n) is 6.61. The molecule has 2 aliphatic carbocycles. The Balaban J connectivity index is 2.05. The summed E-state index contributed by atoms with van der Waals surface area (Å²) in [6.07, 6.45) is 6.12. The van der Waals surface area contributed by atoms with Crippen molar-refractivity contribution in [3.8, 4) is 0 Å². The minimum Gasteiger partial charge on any atom is -0.468 e. The van der Waals surface area contributed by atoms with Crippen LogP contribution in [-0.2, 0) is 9.53 Å². The molecule has 0 radical (unpaired) electrons. The number of carbonyl (C=O) groups excluding carboxylic acids is 1. The summed E-state index contributed by atoms with van der Waals surface area (Å²) >= 11 is 0. The summed E-state index contributed by atoms with van der Waals surface area (Å²) in [7, 11) is 5.49. The molecule has 0 aromatic carbocycles. The molecule has 0 heterocycles. The van der Waals surface area contributed by atoms with Crippen LogP contribution in [0.1, 0.15) is 32.1 Å². The van der Waals surface area contributed by atoms with E-state index in [0.29, 0.717) is 12.0 Å². The van der Waals surface area contributed by atoms with E-state index in [2.05, 4.69) is 17.3 Å². The number of likely N-dealkylation sites (N-methyl/N-ethyl adjacent to an activating group) is 2. The van der Waals surface area contributed by atoms with Crippen LogP contribution in [0.2, 0.25) is 0 Å². The summed E-state index contributed by atoms with van der Waals surface area (Å²) < 4.78 is 5.01. The third-order valence-corrected chi connectivity index (χ3v) is 4.47. The largest absolute Gasteiger partial charge is 0.468 e. The number of methoxy groups -OCH3 is 1. The maximum absolute atomic E-state index is 12.1. The van der Waals surface area contributed by atoms with E-state index in [1.165, 1.54) is 26.4 Å². The van der Waals surface area contributed by atoms with Gasteiger partial charge in [-0.25, -0.2) is 4.79 Å². The van der Waals surface area contributed by atoms with Crippen LogP contribution in [0.15, 0.2) is 0 Å². The van der Waals surface area contributed by atoms with Crippen LogP contribution in [-0.4, -0.2) is 50.2 Å². The highest BCUT2D eigenvalue weighted by atomic mass is 16.5. The first kappa shape index (κ1) is 12.8. The highest BCUT2D eigenvalue weighted by Crippen LogP contribution is 2.41. The minimum absolute atomic E-state index is 0.103. The molecular formula is C13H24N2O2. The third kappa shape index (κ3) is 2.33. The van der Waals surface area contributed by atoms with E-state index in [4.69, 9.17) is 4.74 Å². The molecule has 2 rings (SSSR count).